The van der Waals surface area contributed by atoms with E-state index in [2.05, 4.69) is 15.3 Å². The van der Waals surface area contributed by atoms with Crippen molar-refractivity contribution >= 4 is 28.9 Å². The second-order valence-corrected chi connectivity index (χ2v) is 4.88. The molecule has 2 rings (SSSR count). The van der Waals surface area contributed by atoms with Crippen LogP contribution in [0.5, 0.6) is 0 Å². The largest absolute Gasteiger partial charge is 0.384 e. The first-order chi connectivity index (χ1) is 8.95. The van der Waals surface area contributed by atoms with E-state index in [1.165, 1.54) is 6.07 Å². The third-order valence-electron chi connectivity index (χ3n) is 2.47. The zero-order valence-electron chi connectivity index (χ0n) is 10.6. The molecule has 0 aliphatic heterocycles. The summed E-state index contributed by atoms with van der Waals surface area (Å²) < 4.78 is 13.7. The second-order valence-electron chi connectivity index (χ2n) is 4.44. The van der Waals surface area contributed by atoms with E-state index in [0.29, 0.717) is 22.5 Å². The first-order valence-corrected chi connectivity index (χ1v) is 6.20. The predicted molar refractivity (Wildman–Crippen MR) is 75.2 cm³/mol. The van der Waals surface area contributed by atoms with E-state index in [-0.39, 0.29) is 11.6 Å². The highest BCUT2D eigenvalue weighted by atomic mass is 35.5. The Hall–Kier alpha value is -1.88. The van der Waals surface area contributed by atoms with E-state index < -0.39 is 5.82 Å². The lowest BCUT2D eigenvalue weighted by Crippen LogP contribution is -2.05. The van der Waals surface area contributed by atoms with Crippen molar-refractivity contribution in [3.05, 3.63) is 40.9 Å². The molecular weight excluding hydrogens is 267 g/mol. The van der Waals surface area contributed by atoms with Crippen molar-refractivity contribution in [3.8, 4) is 0 Å². The molecule has 0 spiro atoms. The van der Waals surface area contributed by atoms with Gasteiger partial charge in [-0.2, -0.15) is 0 Å². The Morgan fingerprint density at radius 1 is 1.26 bits per heavy atom. The van der Waals surface area contributed by atoms with Gasteiger partial charge in [0.1, 0.15) is 23.3 Å². The summed E-state index contributed by atoms with van der Waals surface area (Å²) in [6.45, 7) is 3.92. The Kier molecular flexibility index (Phi) is 3.85. The highest BCUT2D eigenvalue weighted by molar-refractivity contribution is 6.30. The molecule has 0 radical (unpaired) electrons. The molecule has 0 aliphatic rings. The number of nitrogens with zero attached hydrogens (tertiary/aromatic N) is 2. The van der Waals surface area contributed by atoms with Crippen LogP contribution >= 0.6 is 11.6 Å². The van der Waals surface area contributed by atoms with Gasteiger partial charge in [-0.1, -0.05) is 25.4 Å². The Morgan fingerprint density at radius 2 is 2.00 bits per heavy atom. The minimum atomic E-state index is -0.448. The summed E-state index contributed by atoms with van der Waals surface area (Å²) in [7, 11) is 0. The lowest BCUT2D eigenvalue weighted by molar-refractivity contribution is 0.632. The molecule has 19 heavy (non-hydrogen) atoms. The SMILES string of the molecule is CC(C)c1nc(N)cc(Nc2ccc(Cl)cc2F)n1. The van der Waals surface area contributed by atoms with Gasteiger partial charge in [-0.15, -0.1) is 0 Å². The number of halogens is 2. The van der Waals surface area contributed by atoms with Crippen molar-refractivity contribution in [2.24, 2.45) is 0 Å². The van der Waals surface area contributed by atoms with Gasteiger partial charge in [-0.05, 0) is 18.2 Å². The van der Waals surface area contributed by atoms with Crippen molar-refractivity contribution < 1.29 is 4.39 Å². The average molecular weight is 281 g/mol. The van der Waals surface area contributed by atoms with Gasteiger partial charge in [0.05, 0.1) is 5.69 Å². The third-order valence-corrected chi connectivity index (χ3v) is 2.71. The smallest absolute Gasteiger partial charge is 0.148 e. The molecule has 0 aliphatic carbocycles. The number of hydrogen-bond donors (Lipinski definition) is 2. The summed E-state index contributed by atoms with van der Waals surface area (Å²) in [4.78, 5) is 8.41. The van der Waals surface area contributed by atoms with Crippen LogP contribution in [0.3, 0.4) is 0 Å². The maximum absolute atomic E-state index is 13.7. The molecule has 1 heterocycles. The quantitative estimate of drug-likeness (QED) is 0.899. The van der Waals surface area contributed by atoms with E-state index in [0.717, 1.165) is 0 Å². The average Bonchev–Trinajstić information content (AvgIpc) is 2.32. The van der Waals surface area contributed by atoms with Crippen LogP contribution in [0.1, 0.15) is 25.6 Å². The summed E-state index contributed by atoms with van der Waals surface area (Å²) in [5.41, 5.74) is 6.00. The van der Waals surface area contributed by atoms with Crippen molar-refractivity contribution in [1.82, 2.24) is 9.97 Å². The Morgan fingerprint density at radius 3 is 2.63 bits per heavy atom. The number of nitrogens with two attached hydrogens (primary N) is 1. The lowest BCUT2D eigenvalue weighted by atomic mass is 10.2. The van der Waals surface area contributed by atoms with Crippen molar-refractivity contribution in [2.45, 2.75) is 19.8 Å². The van der Waals surface area contributed by atoms with Crippen LogP contribution in [0.4, 0.5) is 21.7 Å². The molecule has 3 N–H and O–H groups in total. The van der Waals surface area contributed by atoms with Crippen LogP contribution < -0.4 is 11.1 Å². The van der Waals surface area contributed by atoms with Crippen LogP contribution in [-0.4, -0.2) is 9.97 Å². The maximum atomic E-state index is 13.7. The number of nitrogens with one attached hydrogen (secondary N) is 1. The minimum absolute atomic E-state index is 0.138. The molecule has 0 fully saturated rings. The number of rotatable bonds is 3. The fourth-order valence-corrected chi connectivity index (χ4v) is 1.70. The number of anilines is 3. The first kappa shape index (κ1) is 13.5. The molecule has 0 atom stereocenters. The van der Waals surface area contributed by atoms with E-state index in [9.17, 15) is 4.39 Å². The minimum Gasteiger partial charge on any atom is -0.384 e. The standard InChI is InChI=1S/C13H14ClFN4/c1-7(2)13-18-11(16)6-12(19-13)17-10-4-3-8(14)5-9(10)15/h3-7H,1-2H3,(H3,16,17,18,19). The van der Waals surface area contributed by atoms with Crippen molar-refractivity contribution in [2.75, 3.05) is 11.1 Å². The fraction of sp³-hybridized carbons (Fsp3) is 0.231. The van der Waals surface area contributed by atoms with E-state index in [4.69, 9.17) is 17.3 Å². The van der Waals surface area contributed by atoms with Gasteiger partial charge in [-0.3, -0.25) is 0 Å². The molecule has 6 heteroatoms. The van der Waals surface area contributed by atoms with Gasteiger partial charge in [0.15, 0.2) is 0 Å². The summed E-state index contributed by atoms with van der Waals surface area (Å²) in [6, 6.07) is 5.93. The zero-order chi connectivity index (χ0) is 14.0. The fourth-order valence-electron chi connectivity index (χ4n) is 1.54. The highest BCUT2D eigenvalue weighted by Gasteiger charge is 2.09. The Balaban J connectivity index is 2.32. The monoisotopic (exact) mass is 280 g/mol. The third kappa shape index (κ3) is 3.32. The van der Waals surface area contributed by atoms with Gasteiger partial charge >= 0.3 is 0 Å². The lowest BCUT2D eigenvalue weighted by Gasteiger charge is -2.10. The van der Waals surface area contributed by atoms with Gasteiger partial charge in [0.25, 0.3) is 0 Å². The molecule has 4 nitrogen and oxygen atoms in total. The van der Waals surface area contributed by atoms with Crippen molar-refractivity contribution in [3.63, 3.8) is 0 Å². The molecule has 1 aromatic heterocycles. The molecule has 0 amide bonds. The van der Waals surface area contributed by atoms with Crippen molar-refractivity contribution in [1.29, 1.82) is 0 Å². The Labute approximate surface area is 115 Å². The summed E-state index contributed by atoms with van der Waals surface area (Å²) in [6.07, 6.45) is 0. The molecule has 0 bridgehead atoms. The topological polar surface area (TPSA) is 63.8 Å². The van der Waals surface area contributed by atoms with Gasteiger partial charge in [-0.25, -0.2) is 14.4 Å². The molecule has 1 aromatic carbocycles. The van der Waals surface area contributed by atoms with Gasteiger partial charge < -0.3 is 11.1 Å². The zero-order valence-corrected chi connectivity index (χ0v) is 11.4. The molecule has 0 unspecified atom stereocenters. The van der Waals surface area contributed by atoms with Crippen LogP contribution in [0.2, 0.25) is 5.02 Å². The summed E-state index contributed by atoms with van der Waals surface area (Å²) >= 11 is 5.70. The normalized spacial score (nSPS) is 10.8. The number of hydrogen-bond acceptors (Lipinski definition) is 4. The van der Waals surface area contributed by atoms with E-state index in [1.807, 2.05) is 13.8 Å². The first-order valence-electron chi connectivity index (χ1n) is 5.82. The van der Waals surface area contributed by atoms with Crippen LogP contribution in [0, 0.1) is 5.82 Å². The number of aromatic nitrogens is 2. The Bertz CT molecular complexity index is 601. The number of benzene rings is 1. The van der Waals surface area contributed by atoms with Crippen LogP contribution in [0.25, 0.3) is 0 Å². The second kappa shape index (κ2) is 5.40. The molecular formula is C13H14ClFN4. The summed E-state index contributed by atoms with van der Waals surface area (Å²) in [5.74, 6) is 1.10. The highest BCUT2D eigenvalue weighted by Crippen LogP contribution is 2.23. The van der Waals surface area contributed by atoms with Gasteiger partial charge in [0.2, 0.25) is 0 Å². The van der Waals surface area contributed by atoms with Gasteiger partial charge in [0, 0.05) is 17.0 Å². The van der Waals surface area contributed by atoms with E-state index >= 15 is 0 Å². The van der Waals surface area contributed by atoms with E-state index in [1.54, 1.807) is 18.2 Å². The summed E-state index contributed by atoms with van der Waals surface area (Å²) in [5, 5.41) is 3.21. The maximum Gasteiger partial charge on any atom is 0.148 e. The van der Waals surface area contributed by atoms with Crippen LogP contribution in [-0.2, 0) is 0 Å². The predicted octanol–water partition coefficient (Wildman–Crippen LogP) is 3.72. The molecule has 0 saturated carbocycles. The van der Waals surface area contributed by atoms with Crippen LogP contribution in [0.15, 0.2) is 24.3 Å². The number of nitrogen functional groups attached to an aromatic ring is 1. The molecule has 2 aromatic rings. The molecule has 100 valence electrons. The molecule has 0 saturated heterocycles.